The van der Waals surface area contributed by atoms with E-state index in [9.17, 15) is 22.8 Å². The number of urea groups is 1. The summed E-state index contributed by atoms with van der Waals surface area (Å²) in [5.41, 5.74) is 4.04. The summed E-state index contributed by atoms with van der Waals surface area (Å²) in [7, 11) is 0. The molecular weight excluding hydrogens is 595 g/mol. The zero-order chi connectivity index (χ0) is 31.4. The second-order valence-electron chi connectivity index (χ2n) is 9.96. The number of nitrogens with zero attached hydrogens (tertiary/aromatic N) is 6. The minimum Gasteiger partial charge on any atom is -0.404 e. The Morgan fingerprint density at radius 2 is 1.86 bits per heavy atom. The molecule has 2 aromatic carbocycles. The van der Waals surface area contributed by atoms with E-state index in [2.05, 4.69) is 30.1 Å². The van der Waals surface area contributed by atoms with Gasteiger partial charge < -0.3 is 10.1 Å². The molecule has 0 aliphatic carbocycles. The quantitative estimate of drug-likeness (QED) is 0.241. The highest BCUT2D eigenvalue weighted by molar-refractivity contribution is 8.15. The molecule has 10 nitrogen and oxygen atoms in total. The van der Waals surface area contributed by atoms with E-state index in [1.165, 1.54) is 33.7 Å². The number of carbonyl (C=O) groups is 2. The van der Waals surface area contributed by atoms with E-state index in [1.807, 2.05) is 39.0 Å². The van der Waals surface area contributed by atoms with Gasteiger partial charge >= 0.3 is 12.4 Å². The van der Waals surface area contributed by atoms with Crippen molar-refractivity contribution in [1.82, 2.24) is 19.7 Å². The predicted octanol–water partition coefficient (Wildman–Crippen LogP) is 6.83. The molecule has 0 atom stereocenters. The van der Waals surface area contributed by atoms with Gasteiger partial charge in [-0.15, -0.1) is 18.3 Å². The number of carbonyl (C=O) groups excluding carboxylic acids is 2. The van der Waals surface area contributed by atoms with Crippen molar-refractivity contribution in [2.24, 2.45) is 4.99 Å². The number of rotatable bonds is 7. The summed E-state index contributed by atoms with van der Waals surface area (Å²) in [5.74, 6) is 0.416. The standard InChI is InChI=1S/C30H26F3N7O3S/c1-18(2)23-11-4-19(3)14-24(23)40-27(41)16-44-29(40)37-28(42)36-21-8-5-20(6-9-21)7-12-25-35-17-39(38-25)26-13-10-22(15-34-26)43-30(31,32)33/h4-15,17-18H,16H2,1-3H3,(H,36,42). The van der Waals surface area contributed by atoms with E-state index in [1.54, 1.807) is 36.4 Å². The number of pyridine rings is 1. The van der Waals surface area contributed by atoms with Gasteiger partial charge in [-0.05, 0) is 65.9 Å². The van der Waals surface area contributed by atoms with Crippen LogP contribution in [-0.2, 0) is 4.79 Å². The summed E-state index contributed by atoms with van der Waals surface area (Å²) in [6.07, 6.45) is 0.932. The van der Waals surface area contributed by atoms with E-state index in [-0.39, 0.29) is 23.4 Å². The number of hydrogen-bond acceptors (Lipinski definition) is 7. The summed E-state index contributed by atoms with van der Waals surface area (Å²) >= 11 is 1.22. The Bertz CT molecular complexity index is 1730. The molecule has 1 aliphatic heterocycles. The fourth-order valence-corrected chi connectivity index (χ4v) is 5.13. The number of alkyl halides is 3. The molecule has 0 bridgehead atoms. The molecule has 3 amide bonds. The normalized spacial score (nSPS) is 14.7. The molecule has 1 aliphatic rings. The van der Waals surface area contributed by atoms with Crippen LogP contribution in [-0.4, -0.2) is 49.0 Å². The largest absolute Gasteiger partial charge is 0.573 e. The second kappa shape index (κ2) is 12.7. The van der Waals surface area contributed by atoms with Crippen LogP contribution in [0.2, 0.25) is 0 Å². The van der Waals surface area contributed by atoms with Crippen molar-refractivity contribution < 1.29 is 27.5 Å². The minimum absolute atomic E-state index is 0.130. The van der Waals surface area contributed by atoms with Gasteiger partial charge in [0.25, 0.3) is 0 Å². The molecule has 0 radical (unpaired) electrons. The van der Waals surface area contributed by atoms with E-state index in [0.29, 0.717) is 16.7 Å². The van der Waals surface area contributed by atoms with E-state index < -0.39 is 18.1 Å². The maximum atomic E-state index is 12.8. The van der Waals surface area contributed by atoms with Gasteiger partial charge in [0.1, 0.15) is 12.1 Å². The Morgan fingerprint density at radius 3 is 2.55 bits per heavy atom. The van der Waals surface area contributed by atoms with Crippen LogP contribution in [0.15, 0.2) is 72.1 Å². The number of hydrogen-bond donors (Lipinski definition) is 1. The van der Waals surface area contributed by atoms with Crippen molar-refractivity contribution in [3.8, 4) is 11.6 Å². The number of benzene rings is 2. The Morgan fingerprint density at radius 1 is 1.09 bits per heavy atom. The number of amides is 3. The highest BCUT2D eigenvalue weighted by Gasteiger charge is 2.33. The summed E-state index contributed by atoms with van der Waals surface area (Å²) < 4.78 is 42.2. The molecule has 4 aromatic rings. The van der Waals surface area contributed by atoms with Crippen LogP contribution >= 0.6 is 11.8 Å². The average molecular weight is 622 g/mol. The highest BCUT2D eigenvalue weighted by Crippen LogP contribution is 2.34. The van der Waals surface area contributed by atoms with Gasteiger partial charge in [0.2, 0.25) is 5.91 Å². The summed E-state index contributed by atoms with van der Waals surface area (Å²) in [6, 6.07) is 14.8. The summed E-state index contributed by atoms with van der Waals surface area (Å²) in [4.78, 5) is 39.3. The SMILES string of the molecule is Cc1ccc(C(C)C)c(N2C(=O)CSC2=NC(=O)Nc2ccc(C=Cc3ncn(-c4ccc(OC(F)(F)F)cn4)n3)cc2)c1. The van der Waals surface area contributed by atoms with Crippen LogP contribution in [0.4, 0.5) is 29.3 Å². The number of halogens is 3. The van der Waals surface area contributed by atoms with Gasteiger partial charge in [-0.25, -0.2) is 19.4 Å². The lowest BCUT2D eigenvalue weighted by atomic mass is 9.99. The molecule has 0 saturated carbocycles. The smallest absolute Gasteiger partial charge is 0.404 e. The first-order chi connectivity index (χ1) is 20.9. The molecule has 226 valence electrons. The van der Waals surface area contributed by atoms with Crippen molar-refractivity contribution in [3.05, 3.63) is 89.6 Å². The first-order valence-electron chi connectivity index (χ1n) is 13.3. The number of thioether (sulfide) groups is 1. The third-order valence-corrected chi connectivity index (χ3v) is 7.22. The van der Waals surface area contributed by atoms with Crippen LogP contribution in [0, 0.1) is 6.92 Å². The van der Waals surface area contributed by atoms with Gasteiger partial charge in [-0.2, -0.15) is 4.99 Å². The van der Waals surface area contributed by atoms with Crippen LogP contribution < -0.4 is 15.0 Å². The molecule has 1 fully saturated rings. The third kappa shape index (κ3) is 7.50. The van der Waals surface area contributed by atoms with Crippen LogP contribution in [0.1, 0.15) is 42.3 Å². The molecule has 1 saturated heterocycles. The monoisotopic (exact) mass is 621 g/mol. The first-order valence-corrected chi connectivity index (χ1v) is 14.3. The molecular formula is C30H26F3N7O3S. The number of amidine groups is 1. The van der Waals surface area contributed by atoms with Crippen molar-refractivity contribution in [2.75, 3.05) is 16.0 Å². The molecule has 0 spiro atoms. The second-order valence-corrected chi connectivity index (χ2v) is 10.9. The lowest BCUT2D eigenvalue weighted by Gasteiger charge is -2.22. The third-order valence-electron chi connectivity index (χ3n) is 6.30. The number of ether oxygens (including phenoxy) is 1. The number of aromatic nitrogens is 4. The Hall–Kier alpha value is -4.98. The topological polar surface area (TPSA) is 115 Å². The fourth-order valence-electron chi connectivity index (χ4n) is 4.27. The molecule has 2 aromatic heterocycles. The lowest BCUT2D eigenvalue weighted by Crippen LogP contribution is -2.31. The minimum atomic E-state index is -4.80. The maximum Gasteiger partial charge on any atom is 0.573 e. The van der Waals surface area contributed by atoms with Gasteiger partial charge in [0.15, 0.2) is 16.8 Å². The fraction of sp³-hybridized carbons (Fsp3) is 0.200. The van der Waals surface area contributed by atoms with Crippen molar-refractivity contribution in [3.63, 3.8) is 0 Å². The number of aryl methyl sites for hydroxylation is 1. The van der Waals surface area contributed by atoms with Crippen LogP contribution in [0.25, 0.3) is 18.0 Å². The average Bonchev–Trinajstić information content (AvgIpc) is 3.58. The molecule has 5 rings (SSSR count). The molecule has 1 N–H and O–H groups in total. The molecule has 0 unspecified atom stereocenters. The van der Waals surface area contributed by atoms with E-state index in [0.717, 1.165) is 34.6 Å². The van der Waals surface area contributed by atoms with Crippen molar-refractivity contribution >= 4 is 52.4 Å². The van der Waals surface area contributed by atoms with Crippen molar-refractivity contribution in [1.29, 1.82) is 0 Å². The predicted molar refractivity (Wildman–Crippen MR) is 163 cm³/mol. The van der Waals surface area contributed by atoms with Crippen LogP contribution in [0.3, 0.4) is 0 Å². The Kier molecular flexibility index (Phi) is 8.81. The summed E-state index contributed by atoms with van der Waals surface area (Å²) in [6.45, 7) is 6.05. The van der Waals surface area contributed by atoms with Gasteiger partial charge in [0, 0.05) is 5.69 Å². The Labute approximate surface area is 254 Å². The summed E-state index contributed by atoms with van der Waals surface area (Å²) in [5, 5.41) is 7.31. The lowest BCUT2D eigenvalue weighted by molar-refractivity contribution is -0.274. The van der Waals surface area contributed by atoms with E-state index >= 15 is 0 Å². The highest BCUT2D eigenvalue weighted by atomic mass is 32.2. The van der Waals surface area contributed by atoms with Crippen LogP contribution in [0.5, 0.6) is 5.75 Å². The first kappa shape index (κ1) is 30.5. The number of nitrogens with one attached hydrogen (secondary N) is 1. The zero-order valence-corrected chi connectivity index (χ0v) is 24.6. The number of anilines is 2. The van der Waals surface area contributed by atoms with Gasteiger partial charge in [-0.3, -0.25) is 9.69 Å². The number of aliphatic imine (C=N–C) groups is 1. The van der Waals surface area contributed by atoms with Gasteiger partial charge in [0.05, 0.1) is 17.6 Å². The van der Waals surface area contributed by atoms with Crippen molar-refractivity contribution in [2.45, 2.75) is 33.1 Å². The molecule has 3 heterocycles. The maximum absolute atomic E-state index is 12.8. The van der Waals surface area contributed by atoms with Gasteiger partial charge in [-0.1, -0.05) is 56.0 Å². The molecule has 14 heteroatoms. The molecule has 44 heavy (non-hydrogen) atoms. The Balaban J connectivity index is 1.22. The zero-order valence-electron chi connectivity index (χ0n) is 23.7. The van der Waals surface area contributed by atoms with E-state index in [4.69, 9.17) is 0 Å².